The average Bonchev–Trinajstić information content (AvgIpc) is 3.25. The number of aliphatic hydroxyl groups excluding tert-OH is 1. The van der Waals surface area contributed by atoms with Gasteiger partial charge in [-0.2, -0.15) is 0 Å². The number of nitrogens with zero attached hydrogens (tertiary/aromatic N) is 3. The lowest BCUT2D eigenvalue weighted by molar-refractivity contribution is -0.385. The number of non-ortho nitro benzene ring substituents is 1. The van der Waals surface area contributed by atoms with Gasteiger partial charge in [0.15, 0.2) is 5.60 Å². The number of nitro groups is 1. The molecule has 37 heavy (non-hydrogen) atoms. The quantitative estimate of drug-likeness (QED) is 0.241. The van der Waals surface area contributed by atoms with Crippen LogP contribution in [0.4, 0.5) is 15.5 Å². The Morgan fingerprint density at radius 3 is 2.54 bits per heavy atom. The number of carbonyl (C=O) groups is 2. The predicted octanol–water partition coefficient (Wildman–Crippen LogP) is 3.76. The molecule has 0 radical (unpaired) electrons. The third kappa shape index (κ3) is 4.67. The van der Waals surface area contributed by atoms with Gasteiger partial charge in [0.2, 0.25) is 14.3 Å². The van der Waals surface area contributed by atoms with Crippen LogP contribution in [0.3, 0.4) is 0 Å². The van der Waals surface area contributed by atoms with Crippen molar-refractivity contribution in [1.29, 1.82) is 0 Å². The van der Waals surface area contributed by atoms with E-state index in [1.165, 1.54) is 41.1 Å². The topological polar surface area (TPSA) is 113 Å². The van der Waals surface area contributed by atoms with E-state index in [1.54, 1.807) is 14.0 Å². The fraction of sp³-hybridized carbons (Fsp3) is 0.462. The van der Waals surface area contributed by atoms with E-state index in [1.807, 2.05) is 30.3 Å². The molecule has 0 aliphatic carbocycles. The normalized spacial score (nSPS) is 25.0. The molecule has 2 aromatic rings. The summed E-state index contributed by atoms with van der Waals surface area (Å²) in [6, 6.07) is 13.5. The zero-order valence-corrected chi connectivity index (χ0v) is 22.4. The van der Waals surface area contributed by atoms with Gasteiger partial charge in [0, 0.05) is 49.3 Å². The van der Waals surface area contributed by atoms with Gasteiger partial charge in [0.25, 0.3) is 11.6 Å². The number of nitro benzene ring substituents is 1. The number of fused-ring (bicyclic) bond motifs is 2. The molecule has 0 saturated carbocycles. The summed E-state index contributed by atoms with van der Waals surface area (Å²) >= 11 is 0. The van der Waals surface area contributed by atoms with Crippen molar-refractivity contribution in [2.24, 2.45) is 5.92 Å². The maximum Gasteiger partial charge on any atom is 0.269 e. The Bertz CT molecular complexity index is 1210. The second kappa shape index (κ2) is 9.96. The van der Waals surface area contributed by atoms with Gasteiger partial charge >= 0.3 is 0 Å². The van der Waals surface area contributed by atoms with Gasteiger partial charge in [0.05, 0.1) is 29.7 Å². The second-order valence-corrected chi connectivity index (χ2v) is 14.1. The Morgan fingerprint density at radius 1 is 1.27 bits per heavy atom. The molecule has 2 aliphatic rings. The van der Waals surface area contributed by atoms with Gasteiger partial charge in [-0.25, -0.2) is 0 Å². The monoisotopic (exact) mass is 529 g/mol. The maximum atomic E-state index is 15.8. The number of hydrogen-bond donors (Lipinski definition) is 1. The molecular formula is C26H32FN3O6Si. The van der Waals surface area contributed by atoms with Crippen LogP contribution in [0.15, 0.2) is 48.5 Å². The summed E-state index contributed by atoms with van der Waals surface area (Å²) in [6.45, 7) is 4.92. The van der Waals surface area contributed by atoms with Gasteiger partial charge in [-0.3, -0.25) is 19.7 Å². The molecule has 0 bridgehead atoms. The molecule has 4 atom stereocenters. The number of anilines is 1. The van der Waals surface area contributed by atoms with Gasteiger partial charge in [-0.15, -0.1) is 0 Å². The van der Waals surface area contributed by atoms with E-state index in [0.717, 1.165) is 5.56 Å². The standard InChI is InChI=1S/C26H32FN3O6Si/c1-17-24(37(3,4)27)22(15-23(32)29(12-13-31)16-18-8-6-5-7-9-18)36-26(17)20-14-19(30(34)35)10-11-21(20)28(2)25(26)33/h5-11,14,17,22,24,31H,12-13,15-16H2,1-4H3/t17-,22+,24-,26+/m0/s1. The minimum Gasteiger partial charge on any atom is -0.395 e. The number of ether oxygens (including phenoxy) is 1. The highest BCUT2D eigenvalue weighted by Crippen LogP contribution is 2.60. The molecule has 11 heteroatoms. The van der Waals surface area contributed by atoms with Crippen molar-refractivity contribution in [3.8, 4) is 0 Å². The van der Waals surface area contributed by atoms with Gasteiger partial charge < -0.3 is 23.8 Å². The number of benzene rings is 2. The fourth-order valence-corrected chi connectivity index (χ4v) is 8.47. The van der Waals surface area contributed by atoms with Crippen LogP contribution in [-0.4, -0.2) is 61.5 Å². The van der Waals surface area contributed by atoms with E-state index in [4.69, 9.17) is 4.74 Å². The van der Waals surface area contributed by atoms with Crippen LogP contribution in [0, 0.1) is 16.0 Å². The van der Waals surface area contributed by atoms with Crippen molar-refractivity contribution in [3.63, 3.8) is 0 Å². The van der Waals surface area contributed by atoms with E-state index < -0.39 is 42.4 Å². The first-order valence-corrected chi connectivity index (χ1v) is 15.2. The molecule has 2 amide bonds. The smallest absolute Gasteiger partial charge is 0.269 e. The van der Waals surface area contributed by atoms with Crippen molar-refractivity contribution >= 4 is 31.6 Å². The first-order valence-electron chi connectivity index (χ1n) is 12.3. The van der Waals surface area contributed by atoms with Crippen LogP contribution in [0.25, 0.3) is 0 Å². The molecule has 0 aromatic heterocycles. The first-order chi connectivity index (χ1) is 17.4. The van der Waals surface area contributed by atoms with Crippen LogP contribution >= 0.6 is 0 Å². The lowest BCUT2D eigenvalue weighted by atomic mass is 9.82. The number of rotatable bonds is 8. The van der Waals surface area contributed by atoms with Crippen molar-refractivity contribution in [3.05, 3.63) is 69.8 Å². The van der Waals surface area contributed by atoms with Crippen LogP contribution in [0.1, 0.15) is 24.5 Å². The van der Waals surface area contributed by atoms with Crippen LogP contribution in [-0.2, 0) is 26.5 Å². The Balaban J connectivity index is 1.71. The molecule has 2 heterocycles. The minimum atomic E-state index is -3.50. The predicted molar refractivity (Wildman–Crippen MR) is 138 cm³/mol. The van der Waals surface area contributed by atoms with Crippen molar-refractivity contribution < 1.29 is 28.5 Å². The highest BCUT2D eigenvalue weighted by atomic mass is 28.4. The average molecular weight is 530 g/mol. The number of halogens is 1. The highest BCUT2D eigenvalue weighted by Gasteiger charge is 2.66. The maximum absolute atomic E-state index is 15.8. The largest absolute Gasteiger partial charge is 0.395 e. The molecule has 9 nitrogen and oxygen atoms in total. The van der Waals surface area contributed by atoms with Gasteiger partial charge in [-0.1, -0.05) is 37.3 Å². The third-order valence-corrected chi connectivity index (χ3v) is 10.1. The molecule has 4 rings (SSSR count). The molecule has 2 aromatic carbocycles. The summed E-state index contributed by atoms with van der Waals surface area (Å²) in [6.07, 6.45) is -1.08. The fourth-order valence-electron chi connectivity index (χ4n) is 5.97. The second-order valence-electron chi connectivity index (χ2n) is 10.3. The van der Waals surface area contributed by atoms with Crippen LogP contribution in [0.2, 0.25) is 18.6 Å². The summed E-state index contributed by atoms with van der Waals surface area (Å²) in [7, 11) is -1.93. The number of amides is 2. The summed E-state index contributed by atoms with van der Waals surface area (Å²) in [5.74, 6) is -1.41. The van der Waals surface area contributed by atoms with Crippen LogP contribution < -0.4 is 4.90 Å². The molecule has 198 valence electrons. The molecule has 1 saturated heterocycles. The number of carbonyl (C=O) groups excluding carboxylic acids is 2. The molecule has 1 N–H and O–H groups in total. The Labute approximate surface area is 216 Å². The number of hydrogen-bond acceptors (Lipinski definition) is 6. The Kier molecular flexibility index (Phi) is 7.24. The minimum absolute atomic E-state index is 0.0962. The van der Waals surface area contributed by atoms with E-state index in [-0.39, 0.29) is 37.7 Å². The molecule has 1 fully saturated rings. The Morgan fingerprint density at radius 2 is 1.95 bits per heavy atom. The van der Waals surface area contributed by atoms with Crippen molar-refractivity contribution in [2.45, 2.75) is 50.2 Å². The lowest BCUT2D eigenvalue weighted by Crippen LogP contribution is -2.44. The van der Waals surface area contributed by atoms with Crippen molar-refractivity contribution in [1.82, 2.24) is 4.90 Å². The molecule has 2 aliphatic heterocycles. The zero-order valence-electron chi connectivity index (χ0n) is 21.4. The lowest BCUT2D eigenvalue weighted by Gasteiger charge is -2.31. The molecule has 0 unspecified atom stereocenters. The summed E-state index contributed by atoms with van der Waals surface area (Å²) in [4.78, 5) is 41.0. The first kappa shape index (κ1) is 26.9. The summed E-state index contributed by atoms with van der Waals surface area (Å²) in [5.41, 5.74) is -0.849. The SMILES string of the molecule is C[C@H]1[C@H]([Si](C)(C)F)[C@@H](CC(=O)N(CCO)Cc2ccccc2)O[C@]12C(=O)N(C)c1ccc([N+](=O)[O-])cc12. The zero-order chi connectivity index (χ0) is 27.1. The van der Waals surface area contributed by atoms with E-state index >= 15 is 4.11 Å². The number of aliphatic hydroxyl groups is 1. The number of likely N-dealkylation sites (N-methyl/N-ethyl adjacent to an activating group) is 1. The van der Waals surface area contributed by atoms with Crippen molar-refractivity contribution in [2.75, 3.05) is 25.1 Å². The van der Waals surface area contributed by atoms with E-state index in [2.05, 4.69) is 0 Å². The molecular weight excluding hydrogens is 497 g/mol. The van der Waals surface area contributed by atoms with E-state index in [0.29, 0.717) is 11.3 Å². The third-order valence-electron chi connectivity index (χ3n) is 7.60. The summed E-state index contributed by atoms with van der Waals surface area (Å²) in [5, 5.41) is 21.1. The van der Waals surface area contributed by atoms with Gasteiger partial charge in [-0.05, 0) is 24.7 Å². The summed E-state index contributed by atoms with van der Waals surface area (Å²) < 4.78 is 22.3. The molecule has 1 spiro atoms. The van der Waals surface area contributed by atoms with Crippen LogP contribution in [0.5, 0.6) is 0 Å². The highest BCUT2D eigenvalue weighted by molar-refractivity contribution is 6.72. The van der Waals surface area contributed by atoms with E-state index in [9.17, 15) is 24.8 Å². The Hall–Kier alpha value is -3.15. The van der Waals surface area contributed by atoms with Gasteiger partial charge in [0.1, 0.15) is 0 Å².